The van der Waals surface area contributed by atoms with E-state index in [4.69, 9.17) is 11.6 Å². The number of fused-ring (bicyclic) bond motifs is 4. The van der Waals surface area contributed by atoms with Crippen LogP contribution in [0.4, 0.5) is 32.8 Å². The molecule has 4 aliphatic rings. The van der Waals surface area contributed by atoms with Gasteiger partial charge in [-0.25, -0.2) is 9.29 Å². The van der Waals surface area contributed by atoms with Crippen LogP contribution >= 0.6 is 27.5 Å². The van der Waals surface area contributed by atoms with Crippen molar-refractivity contribution in [1.29, 1.82) is 0 Å². The molecule has 10 nitrogen and oxygen atoms in total. The Balaban J connectivity index is 1.14. The van der Waals surface area contributed by atoms with E-state index in [1.807, 2.05) is 49.3 Å². The number of phenolic OH excluding ortho intramolecular Hbond substituents is 1. The molecule has 1 saturated carbocycles. The Morgan fingerprint density at radius 3 is 2.13 bits per heavy atom. The van der Waals surface area contributed by atoms with Gasteiger partial charge in [0.15, 0.2) is 0 Å². The predicted molar refractivity (Wildman–Crippen MR) is 206 cm³/mol. The standard InChI is InChI=1S/C41H34BrClFN5O5/c1-41-31(38(52)49(40(41)54)26-13-16-33(44)32(43)19-26)20-29-27(36(41)30-18-21(42)4-17-34(30)50)14-15-28-35(29)39(53)48(37(28)51)25-11-7-23(8-12-25)46-45-22-5-9-24(10-6-22)47(2)3/h4-14,16-19,28-29,31,35-36,50H,15,20H2,1-3H3/t28-,29+,31-,35-,36+,41+/m0/s1. The number of imide groups is 2. The Labute approximate surface area is 324 Å². The molecule has 54 heavy (non-hydrogen) atoms. The van der Waals surface area contributed by atoms with E-state index in [0.717, 1.165) is 22.2 Å². The van der Waals surface area contributed by atoms with E-state index in [1.54, 1.807) is 43.3 Å². The van der Waals surface area contributed by atoms with Gasteiger partial charge in [-0.1, -0.05) is 39.2 Å². The van der Waals surface area contributed by atoms with Crippen molar-refractivity contribution in [2.24, 2.45) is 39.3 Å². The lowest BCUT2D eigenvalue weighted by atomic mass is 9.51. The Kier molecular flexibility index (Phi) is 8.80. The van der Waals surface area contributed by atoms with Gasteiger partial charge in [-0.2, -0.15) is 10.2 Å². The second-order valence-corrected chi connectivity index (χ2v) is 15.9. The van der Waals surface area contributed by atoms with Crippen LogP contribution in [-0.4, -0.2) is 42.8 Å². The third kappa shape index (κ3) is 5.57. The quantitative estimate of drug-likeness (QED) is 0.118. The summed E-state index contributed by atoms with van der Waals surface area (Å²) in [6.07, 6.45) is 2.27. The summed E-state index contributed by atoms with van der Waals surface area (Å²) in [5.41, 5.74) is 2.51. The zero-order chi connectivity index (χ0) is 38.2. The molecule has 2 heterocycles. The molecule has 1 N–H and O–H groups in total. The summed E-state index contributed by atoms with van der Waals surface area (Å²) in [4.78, 5) is 61.8. The van der Waals surface area contributed by atoms with Crippen molar-refractivity contribution < 1.29 is 28.7 Å². The molecule has 3 fully saturated rings. The minimum absolute atomic E-state index is 0.0753. The molecule has 0 radical (unpaired) electrons. The summed E-state index contributed by atoms with van der Waals surface area (Å²) >= 11 is 9.60. The van der Waals surface area contributed by atoms with E-state index in [2.05, 4.69) is 26.2 Å². The van der Waals surface area contributed by atoms with Gasteiger partial charge in [0.2, 0.25) is 23.6 Å². The molecule has 4 aromatic rings. The van der Waals surface area contributed by atoms with Crippen LogP contribution in [0.15, 0.2) is 111 Å². The van der Waals surface area contributed by atoms with Crippen molar-refractivity contribution in [1.82, 2.24) is 0 Å². The first kappa shape index (κ1) is 35.8. The van der Waals surface area contributed by atoms with Crippen LogP contribution in [0.1, 0.15) is 31.2 Å². The molecule has 4 aromatic carbocycles. The third-order valence-corrected chi connectivity index (χ3v) is 12.3. The fourth-order valence-corrected chi connectivity index (χ4v) is 9.40. The molecular weight excluding hydrogens is 777 g/mol. The third-order valence-electron chi connectivity index (χ3n) is 11.5. The Bertz CT molecular complexity index is 2320. The Morgan fingerprint density at radius 1 is 0.833 bits per heavy atom. The highest BCUT2D eigenvalue weighted by Crippen LogP contribution is 2.64. The zero-order valence-corrected chi connectivity index (χ0v) is 31.8. The summed E-state index contributed by atoms with van der Waals surface area (Å²) in [6.45, 7) is 1.71. The van der Waals surface area contributed by atoms with Gasteiger partial charge >= 0.3 is 0 Å². The Hall–Kier alpha value is -5.20. The largest absolute Gasteiger partial charge is 0.508 e. The summed E-state index contributed by atoms with van der Waals surface area (Å²) in [7, 11) is 3.91. The topological polar surface area (TPSA) is 123 Å². The first-order chi connectivity index (χ1) is 25.8. The van der Waals surface area contributed by atoms with Gasteiger partial charge in [0.25, 0.3) is 0 Å². The first-order valence-electron chi connectivity index (χ1n) is 17.5. The number of phenols is 1. The van der Waals surface area contributed by atoms with Gasteiger partial charge in [0.05, 0.1) is 50.9 Å². The highest BCUT2D eigenvalue weighted by atomic mass is 79.9. The molecule has 2 aliphatic carbocycles. The summed E-state index contributed by atoms with van der Waals surface area (Å²) in [6, 6.07) is 22.9. The number of carbonyl (C=O) groups is 4. The number of hydrogen-bond acceptors (Lipinski definition) is 8. The molecular formula is C41H34BrClFN5O5. The number of azo groups is 1. The van der Waals surface area contributed by atoms with E-state index in [1.165, 1.54) is 23.1 Å². The summed E-state index contributed by atoms with van der Waals surface area (Å²) in [5.74, 6) is -6.38. The normalized spacial score (nSPS) is 26.3. The summed E-state index contributed by atoms with van der Waals surface area (Å²) in [5, 5.41) is 19.7. The smallest absolute Gasteiger partial charge is 0.241 e. The van der Waals surface area contributed by atoms with Crippen LogP contribution in [0.25, 0.3) is 0 Å². The number of carbonyl (C=O) groups excluding carboxylic acids is 4. The van der Waals surface area contributed by atoms with Gasteiger partial charge < -0.3 is 10.0 Å². The number of rotatable bonds is 6. The van der Waals surface area contributed by atoms with Crippen molar-refractivity contribution in [3.8, 4) is 5.75 Å². The van der Waals surface area contributed by atoms with Crippen molar-refractivity contribution in [2.45, 2.75) is 25.7 Å². The van der Waals surface area contributed by atoms with Crippen LogP contribution in [0.5, 0.6) is 5.75 Å². The van der Waals surface area contributed by atoms with Crippen molar-refractivity contribution in [2.75, 3.05) is 28.8 Å². The van der Waals surface area contributed by atoms with Crippen molar-refractivity contribution in [3.63, 3.8) is 0 Å². The van der Waals surface area contributed by atoms with Crippen molar-refractivity contribution in [3.05, 3.63) is 117 Å². The first-order valence-corrected chi connectivity index (χ1v) is 18.7. The molecule has 4 amide bonds. The number of halogens is 3. The van der Waals surface area contributed by atoms with Crippen LogP contribution in [0, 0.1) is 34.9 Å². The molecule has 6 atom stereocenters. The molecule has 0 aromatic heterocycles. The second-order valence-electron chi connectivity index (χ2n) is 14.6. The number of allylic oxidation sites excluding steroid dienone is 2. The molecule has 0 spiro atoms. The predicted octanol–water partition coefficient (Wildman–Crippen LogP) is 8.86. The lowest BCUT2D eigenvalue weighted by Gasteiger charge is -2.49. The van der Waals surface area contributed by atoms with Gasteiger partial charge in [0, 0.05) is 35.7 Å². The molecule has 2 aliphatic heterocycles. The van der Waals surface area contributed by atoms with Crippen molar-refractivity contribution >= 4 is 79.6 Å². The fraction of sp³-hybridized carbons (Fsp3) is 0.268. The Morgan fingerprint density at radius 2 is 1.48 bits per heavy atom. The maximum Gasteiger partial charge on any atom is 0.241 e. The average molecular weight is 811 g/mol. The molecule has 13 heteroatoms. The highest BCUT2D eigenvalue weighted by Gasteiger charge is 2.68. The zero-order valence-electron chi connectivity index (χ0n) is 29.4. The minimum Gasteiger partial charge on any atom is -0.508 e. The van der Waals surface area contributed by atoms with Gasteiger partial charge in [-0.15, -0.1) is 0 Å². The molecule has 274 valence electrons. The minimum atomic E-state index is -1.39. The number of nitrogens with zero attached hydrogens (tertiary/aromatic N) is 5. The van der Waals surface area contributed by atoms with E-state index in [9.17, 15) is 28.7 Å². The number of anilines is 3. The molecule has 0 bridgehead atoms. The van der Waals surface area contributed by atoms with Crippen LogP contribution < -0.4 is 14.7 Å². The average Bonchev–Trinajstić information content (AvgIpc) is 3.52. The van der Waals surface area contributed by atoms with E-state index >= 15 is 0 Å². The van der Waals surface area contributed by atoms with Crippen LogP contribution in [-0.2, 0) is 19.2 Å². The number of aromatic hydroxyl groups is 1. The van der Waals surface area contributed by atoms with Crippen LogP contribution in [0.2, 0.25) is 5.02 Å². The lowest BCUT2D eigenvalue weighted by molar-refractivity contribution is -0.131. The van der Waals surface area contributed by atoms with E-state index in [-0.39, 0.29) is 35.2 Å². The van der Waals surface area contributed by atoms with Gasteiger partial charge in [0.1, 0.15) is 11.6 Å². The van der Waals surface area contributed by atoms with E-state index in [0.29, 0.717) is 27.1 Å². The highest BCUT2D eigenvalue weighted by molar-refractivity contribution is 9.10. The van der Waals surface area contributed by atoms with Gasteiger partial charge in [-0.3, -0.25) is 24.1 Å². The molecule has 0 unspecified atom stereocenters. The van der Waals surface area contributed by atoms with Gasteiger partial charge in [-0.05, 0) is 111 Å². The monoisotopic (exact) mass is 809 g/mol. The molecule has 8 rings (SSSR count). The maximum atomic E-state index is 14.6. The SMILES string of the molecule is CN(C)c1ccc(N=Nc2ccc(N3C(=O)[C@H]4[C@H](CC=C5[C@H]4C[C@H]4C(=O)N(c6ccc(F)c(Cl)c6)C(=O)[C@@]4(C)[C@H]5c4cc(Br)ccc4O)C3=O)cc2)cc1. The van der Waals surface area contributed by atoms with E-state index < -0.39 is 58.5 Å². The summed E-state index contributed by atoms with van der Waals surface area (Å²) < 4.78 is 14.8. The number of benzene rings is 4. The maximum absolute atomic E-state index is 14.6. The number of hydrogen-bond donors (Lipinski definition) is 1. The lowest BCUT2D eigenvalue weighted by Crippen LogP contribution is -2.48. The molecule has 2 saturated heterocycles. The van der Waals surface area contributed by atoms with Crippen LogP contribution in [0.3, 0.4) is 0 Å². The fourth-order valence-electron chi connectivity index (χ4n) is 8.84. The number of amides is 4. The second kappa shape index (κ2) is 13.3.